The zero-order valence-electron chi connectivity index (χ0n) is 14.8. The fourth-order valence-electron chi connectivity index (χ4n) is 2.92. The largest absolute Gasteiger partial charge is 0.385 e. The molecule has 1 amide bonds. The second kappa shape index (κ2) is 8.23. The number of β-amino-alcohol motifs (C(OH)–C–C–N with tert-alkyl or cyclic N) is 1. The minimum Gasteiger partial charge on any atom is -0.385 e. The highest BCUT2D eigenvalue weighted by Gasteiger charge is 2.44. The molecule has 28 heavy (non-hydrogen) atoms. The number of nitrogens with one attached hydrogen (secondary N) is 3. The summed E-state index contributed by atoms with van der Waals surface area (Å²) in [7, 11) is 1.65. The van der Waals surface area contributed by atoms with E-state index in [9.17, 15) is 23.1 Å². The van der Waals surface area contributed by atoms with Gasteiger partial charge in [0.25, 0.3) is 5.91 Å². The number of hydrogen-bond acceptors (Lipinski definition) is 5. The fraction of sp³-hybridized carbons (Fsp3) is 0.278. The Morgan fingerprint density at radius 1 is 1.21 bits per heavy atom. The highest BCUT2D eigenvalue weighted by atomic mass is 127. The standard InChI is InChI=1S/C18H18F3IN4O2/c1-23-24-7-18(28)8-26(9-18)17(27)11-3-4-12(19)15(21)16(11)25-14-5-2-10(22)6-13(14)20/h2-6,23-25,28H,7-9H2,1H3. The first kappa shape index (κ1) is 20.8. The molecule has 150 valence electrons. The van der Waals surface area contributed by atoms with Crippen molar-refractivity contribution in [2.24, 2.45) is 0 Å². The van der Waals surface area contributed by atoms with Crippen molar-refractivity contribution >= 4 is 39.9 Å². The Morgan fingerprint density at radius 2 is 1.93 bits per heavy atom. The number of rotatable bonds is 6. The Hall–Kier alpha value is -1.89. The van der Waals surface area contributed by atoms with E-state index in [-0.39, 0.29) is 30.9 Å². The number of nitrogens with zero attached hydrogens (tertiary/aromatic N) is 1. The van der Waals surface area contributed by atoms with Gasteiger partial charge in [0.1, 0.15) is 11.4 Å². The number of halogens is 4. The number of aliphatic hydroxyl groups is 1. The van der Waals surface area contributed by atoms with Crippen LogP contribution < -0.4 is 16.2 Å². The molecule has 1 aliphatic heterocycles. The fourth-order valence-corrected chi connectivity index (χ4v) is 3.37. The summed E-state index contributed by atoms with van der Waals surface area (Å²) in [6, 6.07) is 6.17. The lowest BCUT2D eigenvalue weighted by Gasteiger charge is -2.46. The molecule has 0 radical (unpaired) electrons. The molecule has 6 nitrogen and oxygen atoms in total. The molecule has 10 heteroatoms. The van der Waals surface area contributed by atoms with Gasteiger partial charge in [-0.2, -0.15) is 0 Å². The maximum absolute atomic E-state index is 14.4. The predicted octanol–water partition coefficient (Wildman–Crippen LogP) is 2.36. The molecule has 0 saturated carbocycles. The molecule has 0 bridgehead atoms. The van der Waals surface area contributed by atoms with Crippen LogP contribution in [0.1, 0.15) is 10.4 Å². The van der Waals surface area contributed by atoms with Crippen LogP contribution in [0.2, 0.25) is 0 Å². The smallest absolute Gasteiger partial charge is 0.256 e. The van der Waals surface area contributed by atoms with Crippen LogP contribution in [0.25, 0.3) is 0 Å². The van der Waals surface area contributed by atoms with E-state index >= 15 is 0 Å². The molecule has 2 aromatic carbocycles. The maximum Gasteiger partial charge on any atom is 0.256 e. The van der Waals surface area contributed by atoms with Gasteiger partial charge in [-0.1, -0.05) is 0 Å². The maximum atomic E-state index is 14.4. The van der Waals surface area contributed by atoms with Crippen LogP contribution in [0.3, 0.4) is 0 Å². The van der Waals surface area contributed by atoms with Gasteiger partial charge in [-0.05, 0) is 60.0 Å². The topological polar surface area (TPSA) is 76.6 Å². The first-order valence-electron chi connectivity index (χ1n) is 8.35. The van der Waals surface area contributed by atoms with Crippen LogP contribution in [0.5, 0.6) is 0 Å². The zero-order valence-corrected chi connectivity index (χ0v) is 17.0. The van der Waals surface area contributed by atoms with E-state index in [1.165, 1.54) is 17.0 Å². The van der Waals surface area contributed by atoms with Gasteiger partial charge < -0.3 is 15.3 Å². The third kappa shape index (κ3) is 4.24. The molecule has 1 aliphatic rings. The summed E-state index contributed by atoms with van der Waals surface area (Å²) < 4.78 is 42.9. The average molecular weight is 506 g/mol. The van der Waals surface area contributed by atoms with Gasteiger partial charge in [0.05, 0.1) is 30.0 Å². The molecular weight excluding hydrogens is 488 g/mol. The number of carbonyl (C=O) groups excluding carboxylic acids is 1. The van der Waals surface area contributed by atoms with Gasteiger partial charge >= 0.3 is 0 Å². The van der Waals surface area contributed by atoms with Crippen LogP contribution in [-0.4, -0.2) is 48.2 Å². The molecule has 0 spiro atoms. The number of anilines is 2. The molecule has 2 aromatic rings. The first-order chi connectivity index (χ1) is 13.2. The summed E-state index contributed by atoms with van der Waals surface area (Å²) in [6.45, 7) is 0.262. The minimum absolute atomic E-state index is 0.0246. The Kier molecular flexibility index (Phi) is 6.12. The zero-order chi connectivity index (χ0) is 20.5. The van der Waals surface area contributed by atoms with Gasteiger partial charge in [-0.3, -0.25) is 15.6 Å². The van der Waals surface area contributed by atoms with Crippen LogP contribution >= 0.6 is 22.6 Å². The number of hydrogen-bond donors (Lipinski definition) is 4. The Balaban J connectivity index is 1.86. The lowest BCUT2D eigenvalue weighted by atomic mass is 9.93. The molecular formula is C18H18F3IN4O2. The Labute approximate surface area is 173 Å². The molecule has 0 aliphatic carbocycles. The van der Waals surface area contributed by atoms with Crippen LogP contribution in [0, 0.1) is 21.0 Å². The van der Waals surface area contributed by atoms with E-state index < -0.39 is 34.6 Å². The second-order valence-corrected chi connectivity index (χ2v) is 7.77. The number of carbonyl (C=O) groups is 1. The quantitative estimate of drug-likeness (QED) is 0.358. The summed E-state index contributed by atoms with van der Waals surface area (Å²) in [5, 5.41) is 12.8. The van der Waals surface area contributed by atoms with Gasteiger partial charge in [0, 0.05) is 10.1 Å². The molecule has 1 heterocycles. The van der Waals surface area contributed by atoms with Crippen molar-refractivity contribution in [2.75, 3.05) is 32.0 Å². The van der Waals surface area contributed by atoms with Gasteiger partial charge in [-0.25, -0.2) is 13.2 Å². The summed E-state index contributed by atoms with van der Waals surface area (Å²) in [5.41, 5.74) is 3.63. The van der Waals surface area contributed by atoms with E-state index in [2.05, 4.69) is 16.2 Å². The number of benzene rings is 2. The van der Waals surface area contributed by atoms with Crippen molar-refractivity contribution in [3.8, 4) is 0 Å². The highest BCUT2D eigenvalue weighted by molar-refractivity contribution is 14.1. The average Bonchev–Trinajstić information content (AvgIpc) is 2.63. The van der Waals surface area contributed by atoms with Gasteiger partial charge in [-0.15, -0.1) is 0 Å². The van der Waals surface area contributed by atoms with Crippen molar-refractivity contribution in [1.29, 1.82) is 0 Å². The van der Waals surface area contributed by atoms with Crippen LogP contribution in [0.4, 0.5) is 24.5 Å². The predicted molar refractivity (Wildman–Crippen MR) is 107 cm³/mol. The van der Waals surface area contributed by atoms with Crippen molar-refractivity contribution in [2.45, 2.75) is 5.60 Å². The van der Waals surface area contributed by atoms with Crippen LogP contribution in [-0.2, 0) is 0 Å². The SMILES string of the molecule is CNNCC1(O)CN(C(=O)c2ccc(F)c(F)c2Nc2ccc(I)cc2F)C1. The van der Waals surface area contributed by atoms with Crippen molar-refractivity contribution < 1.29 is 23.1 Å². The molecule has 1 saturated heterocycles. The lowest BCUT2D eigenvalue weighted by molar-refractivity contribution is -0.0798. The van der Waals surface area contributed by atoms with Crippen molar-refractivity contribution in [1.82, 2.24) is 15.8 Å². The van der Waals surface area contributed by atoms with Crippen molar-refractivity contribution in [3.63, 3.8) is 0 Å². The van der Waals surface area contributed by atoms with E-state index in [1.807, 2.05) is 22.6 Å². The third-order valence-corrected chi connectivity index (χ3v) is 5.04. The van der Waals surface area contributed by atoms with E-state index in [4.69, 9.17) is 0 Å². The molecule has 0 aromatic heterocycles. The van der Waals surface area contributed by atoms with E-state index in [1.54, 1.807) is 13.1 Å². The van der Waals surface area contributed by atoms with E-state index in [0.717, 1.165) is 12.1 Å². The summed E-state index contributed by atoms with van der Waals surface area (Å²) in [6.07, 6.45) is 0. The van der Waals surface area contributed by atoms with Crippen LogP contribution in [0.15, 0.2) is 30.3 Å². The summed E-state index contributed by atoms with van der Waals surface area (Å²) in [5.74, 6) is -3.70. The number of amides is 1. The number of hydrazine groups is 1. The monoisotopic (exact) mass is 506 g/mol. The minimum atomic E-state index is -1.28. The lowest BCUT2D eigenvalue weighted by Crippen LogP contribution is -2.68. The third-order valence-electron chi connectivity index (χ3n) is 4.37. The first-order valence-corrected chi connectivity index (χ1v) is 9.43. The number of likely N-dealkylation sites (tertiary alicyclic amines) is 1. The summed E-state index contributed by atoms with van der Waals surface area (Å²) in [4.78, 5) is 14.1. The summed E-state index contributed by atoms with van der Waals surface area (Å²) >= 11 is 1.92. The van der Waals surface area contributed by atoms with Gasteiger partial charge in [0.2, 0.25) is 0 Å². The molecule has 0 atom stereocenters. The van der Waals surface area contributed by atoms with E-state index in [0.29, 0.717) is 3.57 Å². The Bertz CT molecular complexity index is 907. The Morgan fingerprint density at radius 3 is 2.57 bits per heavy atom. The van der Waals surface area contributed by atoms with Gasteiger partial charge in [0.15, 0.2) is 11.6 Å². The normalized spacial score (nSPS) is 15.3. The molecule has 0 unspecified atom stereocenters. The molecule has 1 fully saturated rings. The molecule has 3 rings (SSSR count). The van der Waals surface area contributed by atoms with Crippen molar-refractivity contribution in [3.05, 3.63) is 56.9 Å². The second-order valence-electron chi connectivity index (χ2n) is 6.52. The highest BCUT2D eigenvalue weighted by Crippen LogP contribution is 2.31. The molecule has 4 N–H and O–H groups in total.